The number of nitrogens with zero attached hydrogens (tertiary/aromatic N) is 2. The van der Waals surface area contributed by atoms with Gasteiger partial charge in [-0.2, -0.15) is 0 Å². The lowest BCUT2D eigenvalue weighted by Crippen LogP contribution is -2.42. The van der Waals surface area contributed by atoms with Crippen LogP contribution < -0.4 is 15.6 Å². The topological polar surface area (TPSA) is 56.8 Å². The minimum Gasteiger partial charge on any atom is -0.489 e. The standard InChI is InChI=1S/C22H35ClN4O2/c1-22(2,3)15-27-11-8-18(9-12-27)29-20-6-5-16(13-19(20)23)21(28)26(4)14-17-7-10-24-25-17/h5-6,13,17-18,24-25H,7-12,14-15H2,1-4H3. The van der Waals surface area contributed by atoms with Gasteiger partial charge >= 0.3 is 0 Å². The number of carbonyl (C=O) groups excluding carboxylic acids is 1. The van der Waals surface area contributed by atoms with Gasteiger partial charge in [-0.15, -0.1) is 0 Å². The van der Waals surface area contributed by atoms with E-state index in [-0.39, 0.29) is 18.1 Å². The third-order valence-corrected chi connectivity index (χ3v) is 5.77. The molecule has 2 aliphatic rings. The average Bonchev–Trinajstić information content (AvgIpc) is 3.16. The van der Waals surface area contributed by atoms with E-state index in [2.05, 4.69) is 36.5 Å². The first-order valence-corrected chi connectivity index (χ1v) is 11.0. The summed E-state index contributed by atoms with van der Waals surface area (Å²) in [4.78, 5) is 17.0. The van der Waals surface area contributed by atoms with Crippen molar-refractivity contribution < 1.29 is 9.53 Å². The smallest absolute Gasteiger partial charge is 0.253 e. The Morgan fingerprint density at radius 2 is 2.00 bits per heavy atom. The summed E-state index contributed by atoms with van der Waals surface area (Å²) in [5.74, 6) is 0.643. The Morgan fingerprint density at radius 3 is 2.59 bits per heavy atom. The number of ether oxygens (including phenoxy) is 1. The summed E-state index contributed by atoms with van der Waals surface area (Å²) in [6.45, 7) is 11.6. The Hall–Kier alpha value is -1.34. The Labute approximate surface area is 179 Å². The predicted octanol–water partition coefficient (Wildman–Crippen LogP) is 3.17. The zero-order valence-corrected chi connectivity index (χ0v) is 18.9. The van der Waals surface area contributed by atoms with Gasteiger partial charge in [0.2, 0.25) is 0 Å². The Morgan fingerprint density at radius 1 is 1.28 bits per heavy atom. The molecular formula is C22H35ClN4O2. The lowest BCUT2D eigenvalue weighted by atomic mass is 9.94. The zero-order valence-electron chi connectivity index (χ0n) is 18.1. The van der Waals surface area contributed by atoms with Crippen molar-refractivity contribution in [1.82, 2.24) is 20.7 Å². The van der Waals surface area contributed by atoms with Crippen LogP contribution in [0.4, 0.5) is 0 Å². The second-order valence-corrected chi connectivity index (χ2v) is 9.95. The lowest BCUT2D eigenvalue weighted by molar-refractivity contribution is 0.0780. The second-order valence-electron chi connectivity index (χ2n) is 9.54. The first-order valence-electron chi connectivity index (χ1n) is 10.6. The molecule has 29 heavy (non-hydrogen) atoms. The monoisotopic (exact) mass is 422 g/mol. The molecule has 6 nitrogen and oxygen atoms in total. The van der Waals surface area contributed by atoms with Crippen molar-refractivity contribution in [3.8, 4) is 5.75 Å². The molecule has 1 unspecified atom stereocenters. The molecule has 1 atom stereocenters. The van der Waals surface area contributed by atoms with Crippen LogP contribution in [0, 0.1) is 5.41 Å². The number of rotatable bonds is 6. The summed E-state index contributed by atoms with van der Waals surface area (Å²) in [7, 11) is 1.83. The number of likely N-dealkylation sites (N-methyl/N-ethyl adjacent to an activating group) is 1. The minimum atomic E-state index is -0.0253. The summed E-state index contributed by atoms with van der Waals surface area (Å²) in [6, 6.07) is 5.66. The molecule has 2 fully saturated rings. The van der Waals surface area contributed by atoms with E-state index in [0.29, 0.717) is 28.3 Å². The molecule has 3 rings (SSSR count). The third kappa shape index (κ3) is 6.57. The van der Waals surface area contributed by atoms with Gasteiger partial charge in [-0.25, -0.2) is 0 Å². The minimum absolute atomic E-state index is 0.0253. The van der Waals surface area contributed by atoms with Crippen molar-refractivity contribution >= 4 is 17.5 Å². The molecule has 0 aliphatic carbocycles. The molecule has 2 aliphatic heterocycles. The van der Waals surface area contributed by atoms with Gasteiger partial charge in [-0.05, 0) is 42.9 Å². The number of benzene rings is 1. The molecular weight excluding hydrogens is 388 g/mol. The van der Waals surface area contributed by atoms with Crippen LogP contribution >= 0.6 is 11.6 Å². The zero-order chi connectivity index (χ0) is 21.0. The molecule has 1 aromatic carbocycles. The predicted molar refractivity (Wildman–Crippen MR) is 118 cm³/mol. The first kappa shape index (κ1) is 22.3. The van der Waals surface area contributed by atoms with E-state index in [1.807, 2.05) is 19.2 Å². The van der Waals surface area contributed by atoms with Crippen LogP contribution in [0.1, 0.15) is 50.4 Å². The molecule has 162 valence electrons. The number of piperidine rings is 1. The van der Waals surface area contributed by atoms with E-state index >= 15 is 0 Å². The van der Waals surface area contributed by atoms with E-state index < -0.39 is 0 Å². The fourth-order valence-electron chi connectivity index (χ4n) is 4.07. The summed E-state index contributed by atoms with van der Waals surface area (Å²) in [5.41, 5.74) is 7.19. The third-order valence-electron chi connectivity index (χ3n) is 5.47. The lowest BCUT2D eigenvalue weighted by Gasteiger charge is -2.36. The highest BCUT2D eigenvalue weighted by Gasteiger charge is 2.25. The highest BCUT2D eigenvalue weighted by Crippen LogP contribution is 2.29. The fraction of sp³-hybridized carbons (Fsp3) is 0.682. The van der Waals surface area contributed by atoms with Crippen LogP contribution in [0.3, 0.4) is 0 Å². The maximum Gasteiger partial charge on any atom is 0.253 e. The highest BCUT2D eigenvalue weighted by molar-refractivity contribution is 6.32. The molecule has 0 spiro atoms. The number of hydrogen-bond donors (Lipinski definition) is 2. The van der Waals surface area contributed by atoms with Crippen LogP contribution in [-0.2, 0) is 0 Å². The number of hydrazine groups is 1. The van der Waals surface area contributed by atoms with Crippen molar-refractivity contribution in [2.45, 2.75) is 52.2 Å². The van der Waals surface area contributed by atoms with E-state index in [1.54, 1.807) is 11.0 Å². The van der Waals surface area contributed by atoms with E-state index in [0.717, 1.165) is 45.4 Å². The molecule has 0 bridgehead atoms. The fourth-order valence-corrected chi connectivity index (χ4v) is 4.30. The van der Waals surface area contributed by atoms with E-state index in [1.165, 1.54) is 0 Å². The number of halogens is 1. The average molecular weight is 423 g/mol. The molecule has 2 heterocycles. The van der Waals surface area contributed by atoms with Crippen molar-refractivity contribution in [3.05, 3.63) is 28.8 Å². The molecule has 1 amide bonds. The normalized spacial score (nSPS) is 21.3. The molecule has 0 aromatic heterocycles. The second kappa shape index (κ2) is 9.65. The maximum atomic E-state index is 12.7. The van der Waals surface area contributed by atoms with E-state index in [9.17, 15) is 4.79 Å². The van der Waals surface area contributed by atoms with Crippen LogP contribution in [0.15, 0.2) is 18.2 Å². The summed E-state index contributed by atoms with van der Waals surface area (Å²) < 4.78 is 6.17. The molecule has 1 aromatic rings. The van der Waals surface area contributed by atoms with Crippen LogP contribution in [0.25, 0.3) is 0 Å². The van der Waals surface area contributed by atoms with Crippen molar-refractivity contribution in [2.75, 3.05) is 39.8 Å². The number of carbonyl (C=O) groups is 1. The van der Waals surface area contributed by atoms with Crippen LogP contribution in [0.5, 0.6) is 5.75 Å². The summed E-state index contributed by atoms with van der Waals surface area (Å²) >= 11 is 6.45. The number of likely N-dealkylation sites (tertiary alicyclic amines) is 1. The highest BCUT2D eigenvalue weighted by atomic mass is 35.5. The van der Waals surface area contributed by atoms with Crippen molar-refractivity contribution in [3.63, 3.8) is 0 Å². The van der Waals surface area contributed by atoms with Crippen molar-refractivity contribution in [1.29, 1.82) is 0 Å². The van der Waals surface area contributed by atoms with Gasteiger partial charge in [-0.1, -0.05) is 32.4 Å². The van der Waals surface area contributed by atoms with E-state index in [4.69, 9.17) is 16.3 Å². The Kier molecular flexibility index (Phi) is 7.43. The van der Waals surface area contributed by atoms with Gasteiger partial charge < -0.3 is 14.5 Å². The molecule has 0 radical (unpaired) electrons. The Bertz CT molecular complexity index is 693. The molecule has 7 heteroatoms. The van der Waals surface area contributed by atoms with Gasteiger partial charge in [0.1, 0.15) is 11.9 Å². The van der Waals surface area contributed by atoms with Gasteiger partial charge in [-0.3, -0.25) is 15.6 Å². The van der Waals surface area contributed by atoms with Gasteiger partial charge in [0.05, 0.1) is 5.02 Å². The largest absolute Gasteiger partial charge is 0.489 e. The number of amides is 1. The van der Waals surface area contributed by atoms with Gasteiger partial charge in [0, 0.05) is 51.4 Å². The summed E-state index contributed by atoms with van der Waals surface area (Å²) in [5, 5.41) is 0.502. The first-order chi connectivity index (χ1) is 13.7. The molecule has 2 saturated heterocycles. The summed E-state index contributed by atoms with van der Waals surface area (Å²) in [6.07, 6.45) is 3.19. The quantitative estimate of drug-likeness (QED) is 0.737. The van der Waals surface area contributed by atoms with Crippen LogP contribution in [-0.4, -0.2) is 67.6 Å². The number of nitrogens with one attached hydrogen (secondary N) is 2. The number of hydrogen-bond acceptors (Lipinski definition) is 5. The van der Waals surface area contributed by atoms with Crippen LogP contribution in [0.2, 0.25) is 5.02 Å². The van der Waals surface area contributed by atoms with Crippen molar-refractivity contribution in [2.24, 2.45) is 5.41 Å². The SMILES string of the molecule is CN(CC1CCNN1)C(=O)c1ccc(OC2CCN(CC(C)(C)C)CC2)c(Cl)c1. The Balaban J connectivity index is 1.52. The van der Waals surface area contributed by atoms with Gasteiger partial charge in [0.15, 0.2) is 0 Å². The maximum absolute atomic E-state index is 12.7. The molecule has 0 saturated carbocycles. The molecule has 2 N–H and O–H groups in total. The van der Waals surface area contributed by atoms with Gasteiger partial charge in [0.25, 0.3) is 5.91 Å².